The van der Waals surface area contributed by atoms with Gasteiger partial charge in [-0.25, -0.2) is 4.57 Å². The molecule has 0 aliphatic carbocycles. The summed E-state index contributed by atoms with van der Waals surface area (Å²) in [6.45, 7) is 6.67. The lowest BCUT2D eigenvalue weighted by atomic mass is 9.94. The molecule has 0 radical (unpaired) electrons. The topological polar surface area (TPSA) is 17.0 Å². The molecule has 0 aliphatic heterocycles. The molecule has 2 heterocycles. The van der Waals surface area contributed by atoms with Crippen LogP contribution in [0.2, 0.25) is 0 Å². The summed E-state index contributed by atoms with van der Waals surface area (Å²) in [6, 6.07) is 26.4. The van der Waals surface area contributed by atoms with E-state index >= 15 is 0 Å². The molecule has 0 bridgehead atoms. The Labute approximate surface area is 187 Å². The molecule has 0 amide bonds. The van der Waals surface area contributed by atoms with Crippen LogP contribution in [0.3, 0.4) is 0 Å². The maximum Gasteiger partial charge on any atom is 0.220 e. The SMILES string of the molecule is Cc1c(-c2c3ccc(C(C)C)cc3cc[n+]2C)ccc2c1oc1cc3ccccc3cc12. The zero-order valence-electron chi connectivity index (χ0n) is 18.9. The molecule has 6 rings (SSSR count). The fourth-order valence-electron chi connectivity index (χ4n) is 5.00. The van der Waals surface area contributed by atoms with E-state index in [9.17, 15) is 0 Å². The standard InChI is InChI=1S/C30H26NO/c1-18(2)20-9-10-25-23(15-20)13-14-31(4)29(25)24-11-12-26-27-16-21-7-5-6-8-22(21)17-28(27)32-30(26)19(24)3/h5-18H,1-4H3/q+1. The van der Waals surface area contributed by atoms with Gasteiger partial charge in [0.2, 0.25) is 5.69 Å². The Morgan fingerprint density at radius 3 is 2.28 bits per heavy atom. The van der Waals surface area contributed by atoms with Crippen molar-refractivity contribution in [2.75, 3.05) is 0 Å². The number of pyridine rings is 1. The molecular formula is C30H26NO+. The van der Waals surface area contributed by atoms with Gasteiger partial charge in [0.05, 0.1) is 10.9 Å². The second kappa shape index (κ2) is 6.93. The van der Waals surface area contributed by atoms with Crippen molar-refractivity contribution in [3.8, 4) is 11.3 Å². The van der Waals surface area contributed by atoms with Crippen LogP contribution in [0, 0.1) is 6.92 Å². The molecule has 0 N–H and O–H groups in total. The van der Waals surface area contributed by atoms with Gasteiger partial charge in [-0.05, 0) is 64.9 Å². The minimum atomic E-state index is 0.515. The Balaban J connectivity index is 1.63. The van der Waals surface area contributed by atoms with E-state index in [1.165, 1.54) is 54.7 Å². The number of rotatable bonds is 2. The largest absolute Gasteiger partial charge is 0.456 e. The van der Waals surface area contributed by atoms with Crippen molar-refractivity contribution in [3.05, 3.63) is 90.1 Å². The van der Waals surface area contributed by atoms with Gasteiger partial charge in [0.25, 0.3) is 0 Å². The highest BCUT2D eigenvalue weighted by atomic mass is 16.3. The molecule has 0 atom stereocenters. The van der Waals surface area contributed by atoms with E-state index < -0.39 is 0 Å². The lowest BCUT2D eigenvalue weighted by Crippen LogP contribution is -2.30. The third kappa shape index (κ3) is 2.76. The minimum Gasteiger partial charge on any atom is -0.456 e. The lowest BCUT2D eigenvalue weighted by Gasteiger charge is -2.11. The zero-order valence-corrected chi connectivity index (χ0v) is 18.9. The van der Waals surface area contributed by atoms with Gasteiger partial charge in [-0.3, -0.25) is 0 Å². The summed E-state index contributed by atoms with van der Waals surface area (Å²) in [7, 11) is 2.13. The molecule has 0 spiro atoms. The van der Waals surface area contributed by atoms with Crippen LogP contribution in [-0.4, -0.2) is 0 Å². The Morgan fingerprint density at radius 2 is 1.50 bits per heavy atom. The van der Waals surface area contributed by atoms with E-state index in [4.69, 9.17) is 4.42 Å². The molecule has 2 heteroatoms. The first-order chi connectivity index (χ1) is 15.5. The van der Waals surface area contributed by atoms with Gasteiger partial charge in [-0.2, -0.15) is 0 Å². The van der Waals surface area contributed by atoms with Crippen molar-refractivity contribution >= 4 is 43.5 Å². The van der Waals surface area contributed by atoms with Gasteiger partial charge >= 0.3 is 0 Å². The first kappa shape index (κ1) is 19.1. The van der Waals surface area contributed by atoms with Gasteiger partial charge < -0.3 is 4.42 Å². The van der Waals surface area contributed by atoms with E-state index in [0.717, 1.165) is 11.2 Å². The molecule has 0 unspecified atom stereocenters. The molecule has 2 nitrogen and oxygen atoms in total. The number of hydrogen-bond acceptors (Lipinski definition) is 1. The summed E-state index contributed by atoms with van der Waals surface area (Å²) in [5.74, 6) is 0.515. The van der Waals surface area contributed by atoms with Crippen molar-refractivity contribution in [1.29, 1.82) is 0 Å². The molecule has 2 aromatic heterocycles. The van der Waals surface area contributed by atoms with E-state index in [1.807, 2.05) is 0 Å². The Kier molecular flexibility index (Phi) is 4.13. The highest BCUT2D eigenvalue weighted by Gasteiger charge is 2.21. The highest BCUT2D eigenvalue weighted by Crippen LogP contribution is 2.38. The molecular weight excluding hydrogens is 390 g/mol. The molecule has 0 aliphatic rings. The van der Waals surface area contributed by atoms with Crippen molar-refractivity contribution in [2.24, 2.45) is 7.05 Å². The van der Waals surface area contributed by atoms with Crippen LogP contribution in [0.1, 0.15) is 30.9 Å². The Morgan fingerprint density at radius 1 is 0.750 bits per heavy atom. The quantitative estimate of drug-likeness (QED) is 0.263. The molecule has 0 saturated carbocycles. The predicted octanol–water partition coefficient (Wildman–Crippen LogP) is 7.82. The summed E-state index contributed by atoms with van der Waals surface area (Å²) in [5, 5.41) is 7.35. The second-order valence-electron chi connectivity index (χ2n) is 9.19. The molecule has 156 valence electrons. The van der Waals surface area contributed by atoms with Crippen LogP contribution >= 0.6 is 0 Å². The number of fused-ring (bicyclic) bond motifs is 5. The second-order valence-corrected chi connectivity index (χ2v) is 9.19. The maximum atomic E-state index is 6.45. The minimum absolute atomic E-state index is 0.515. The van der Waals surface area contributed by atoms with E-state index in [1.54, 1.807) is 0 Å². The summed E-state index contributed by atoms with van der Waals surface area (Å²) in [4.78, 5) is 0. The van der Waals surface area contributed by atoms with Gasteiger partial charge in [-0.1, -0.05) is 50.2 Å². The van der Waals surface area contributed by atoms with Gasteiger partial charge in [0.1, 0.15) is 18.2 Å². The average molecular weight is 417 g/mol. The average Bonchev–Trinajstić information content (AvgIpc) is 3.16. The number of hydrogen-bond donors (Lipinski definition) is 0. The Hall–Kier alpha value is -3.65. The summed E-state index contributed by atoms with van der Waals surface area (Å²) >= 11 is 0. The number of aryl methyl sites for hydroxylation is 2. The van der Waals surface area contributed by atoms with E-state index in [0.29, 0.717) is 5.92 Å². The number of aromatic nitrogens is 1. The maximum absolute atomic E-state index is 6.45. The zero-order chi connectivity index (χ0) is 22.0. The smallest absolute Gasteiger partial charge is 0.220 e. The van der Waals surface area contributed by atoms with Crippen molar-refractivity contribution < 1.29 is 8.98 Å². The fraction of sp³-hybridized carbons (Fsp3) is 0.167. The molecule has 0 fully saturated rings. The molecule has 4 aromatic carbocycles. The van der Waals surface area contributed by atoms with E-state index in [2.05, 4.69) is 111 Å². The molecule has 6 aromatic rings. The van der Waals surface area contributed by atoms with Crippen LogP contribution in [0.5, 0.6) is 0 Å². The molecule has 0 saturated heterocycles. The van der Waals surface area contributed by atoms with Crippen LogP contribution in [0.4, 0.5) is 0 Å². The monoisotopic (exact) mass is 416 g/mol. The normalized spacial score (nSPS) is 12.0. The van der Waals surface area contributed by atoms with E-state index in [-0.39, 0.29) is 0 Å². The molecule has 32 heavy (non-hydrogen) atoms. The fourth-order valence-corrected chi connectivity index (χ4v) is 5.00. The third-order valence-electron chi connectivity index (χ3n) is 6.84. The lowest BCUT2D eigenvalue weighted by molar-refractivity contribution is -0.659. The first-order valence-corrected chi connectivity index (χ1v) is 11.3. The summed E-state index contributed by atoms with van der Waals surface area (Å²) in [5.41, 5.74) is 6.91. The number of furan rings is 1. The van der Waals surface area contributed by atoms with Crippen molar-refractivity contribution in [1.82, 2.24) is 0 Å². The number of nitrogens with zero attached hydrogens (tertiary/aromatic N) is 1. The summed E-state index contributed by atoms with van der Waals surface area (Å²) < 4.78 is 8.67. The van der Waals surface area contributed by atoms with Crippen molar-refractivity contribution in [3.63, 3.8) is 0 Å². The summed E-state index contributed by atoms with van der Waals surface area (Å²) in [6.07, 6.45) is 2.16. The number of benzene rings is 4. The first-order valence-electron chi connectivity index (χ1n) is 11.3. The van der Waals surface area contributed by atoms with Crippen LogP contribution in [0.25, 0.3) is 54.7 Å². The highest BCUT2D eigenvalue weighted by molar-refractivity contribution is 6.12. The van der Waals surface area contributed by atoms with Gasteiger partial charge in [-0.15, -0.1) is 0 Å². The Bertz CT molecular complexity index is 1670. The van der Waals surface area contributed by atoms with Crippen molar-refractivity contribution in [2.45, 2.75) is 26.7 Å². The predicted molar refractivity (Wildman–Crippen MR) is 134 cm³/mol. The van der Waals surface area contributed by atoms with Crippen LogP contribution in [-0.2, 0) is 7.05 Å². The van der Waals surface area contributed by atoms with Gasteiger partial charge in [0.15, 0.2) is 6.20 Å². The van der Waals surface area contributed by atoms with Gasteiger partial charge in [0, 0.05) is 22.4 Å². The van der Waals surface area contributed by atoms with Crippen LogP contribution < -0.4 is 4.57 Å². The third-order valence-corrected chi connectivity index (χ3v) is 6.84. The van der Waals surface area contributed by atoms with Crippen LogP contribution in [0.15, 0.2) is 83.4 Å².